The number of hydrogen-bond donors (Lipinski definition) is 1. The summed E-state index contributed by atoms with van der Waals surface area (Å²) in [4.78, 5) is 12.7. The third kappa shape index (κ3) is 4.72. The molecule has 6 nitrogen and oxygen atoms in total. The number of ether oxygens (including phenoxy) is 1. The number of anilines is 1. The van der Waals surface area contributed by atoms with Crippen molar-refractivity contribution in [2.24, 2.45) is 5.92 Å². The van der Waals surface area contributed by atoms with E-state index in [-0.39, 0.29) is 17.3 Å². The first kappa shape index (κ1) is 21.2. The number of nitrogens with zero attached hydrogens (tertiary/aromatic N) is 1. The van der Waals surface area contributed by atoms with Gasteiger partial charge in [-0.3, -0.25) is 9.10 Å². The third-order valence-corrected chi connectivity index (χ3v) is 6.53. The molecule has 1 amide bonds. The van der Waals surface area contributed by atoms with Crippen LogP contribution in [0.25, 0.3) is 0 Å². The van der Waals surface area contributed by atoms with E-state index >= 15 is 0 Å². The van der Waals surface area contributed by atoms with Crippen molar-refractivity contribution in [1.29, 1.82) is 0 Å². The van der Waals surface area contributed by atoms with Crippen LogP contribution in [0.5, 0.6) is 5.75 Å². The first-order valence-electron chi connectivity index (χ1n) is 9.98. The molecule has 3 rings (SSSR count). The number of carbonyl (C=O) groups excluding carboxylic acids is 1. The van der Waals surface area contributed by atoms with Gasteiger partial charge in [-0.1, -0.05) is 45.0 Å². The molecule has 1 unspecified atom stereocenters. The molecule has 0 saturated heterocycles. The molecule has 7 heteroatoms. The Morgan fingerprint density at radius 1 is 1.17 bits per heavy atom. The summed E-state index contributed by atoms with van der Waals surface area (Å²) in [7, 11) is -3.83. The predicted octanol–water partition coefficient (Wildman–Crippen LogP) is 3.37. The average Bonchev–Trinajstić information content (AvgIpc) is 2.71. The lowest BCUT2D eigenvalue weighted by Crippen LogP contribution is -2.50. The summed E-state index contributed by atoms with van der Waals surface area (Å²) < 4.78 is 33.9. The number of para-hydroxylation sites is 2. The normalized spacial score (nSPS) is 16.3. The summed E-state index contributed by atoms with van der Waals surface area (Å²) in [6.07, 6.45) is 0.784. The van der Waals surface area contributed by atoms with Crippen LogP contribution in [0.15, 0.2) is 53.4 Å². The van der Waals surface area contributed by atoms with Crippen LogP contribution in [0.3, 0.4) is 0 Å². The fourth-order valence-electron chi connectivity index (χ4n) is 3.32. The van der Waals surface area contributed by atoms with Gasteiger partial charge in [-0.25, -0.2) is 8.42 Å². The monoisotopic (exact) mass is 416 g/mol. The van der Waals surface area contributed by atoms with Gasteiger partial charge in [0.1, 0.15) is 5.75 Å². The minimum absolute atomic E-state index is 0.0668. The molecule has 0 bridgehead atoms. The van der Waals surface area contributed by atoms with Gasteiger partial charge in [-0.15, -0.1) is 0 Å². The molecule has 2 aromatic rings. The number of carbonyl (C=O) groups is 1. The van der Waals surface area contributed by atoms with E-state index in [1.807, 2.05) is 19.1 Å². The topological polar surface area (TPSA) is 75.7 Å². The molecule has 1 atom stereocenters. The second-order valence-electron chi connectivity index (χ2n) is 7.64. The molecular weight excluding hydrogens is 388 g/mol. The lowest BCUT2D eigenvalue weighted by molar-refractivity contribution is -0.127. The summed E-state index contributed by atoms with van der Waals surface area (Å²) in [6, 6.07) is 13.9. The molecule has 0 aromatic heterocycles. The lowest BCUT2D eigenvalue weighted by Gasteiger charge is -2.34. The zero-order valence-corrected chi connectivity index (χ0v) is 17.9. The molecule has 0 saturated carbocycles. The minimum atomic E-state index is -3.83. The van der Waals surface area contributed by atoms with Crippen molar-refractivity contribution in [2.45, 2.75) is 44.6 Å². The maximum Gasteiger partial charge on any atom is 0.264 e. The van der Waals surface area contributed by atoms with Crippen molar-refractivity contribution >= 4 is 21.6 Å². The van der Waals surface area contributed by atoms with Crippen LogP contribution in [-0.4, -0.2) is 33.5 Å². The molecule has 0 fully saturated rings. The van der Waals surface area contributed by atoms with E-state index in [4.69, 9.17) is 4.74 Å². The van der Waals surface area contributed by atoms with Gasteiger partial charge in [0.05, 0.1) is 17.1 Å². The number of nitrogens with one attached hydrogen (secondary N) is 1. The molecule has 156 valence electrons. The molecule has 29 heavy (non-hydrogen) atoms. The van der Waals surface area contributed by atoms with Crippen molar-refractivity contribution in [3.8, 4) is 5.75 Å². The van der Waals surface area contributed by atoms with Crippen molar-refractivity contribution in [2.75, 3.05) is 17.4 Å². The minimum Gasteiger partial charge on any atom is -0.476 e. The van der Waals surface area contributed by atoms with Crippen LogP contribution >= 0.6 is 0 Å². The summed E-state index contributed by atoms with van der Waals surface area (Å²) in [5.74, 6) is 0.565. The number of hydrogen-bond acceptors (Lipinski definition) is 4. The second-order valence-corrected chi connectivity index (χ2v) is 9.51. The maximum absolute atomic E-state index is 13.4. The quantitative estimate of drug-likeness (QED) is 0.751. The molecule has 0 aliphatic carbocycles. The Bertz CT molecular complexity index is 955. The van der Waals surface area contributed by atoms with E-state index in [0.717, 1.165) is 18.4 Å². The van der Waals surface area contributed by atoms with Gasteiger partial charge in [0.15, 0.2) is 6.10 Å². The summed E-state index contributed by atoms with van der Waals surface area (Å²) in [5, 5.41) is 2.78. The SMILES string of the molecule is CCCNC(=O)C1CN(S(=O)(=O)c2ccc(CC(C)C)cc2)c2ccccc2O1. The Labute approximate surface area is 172 Å². The van der Waals surface area contributed by atoms with E-state index in [1.165, 1.54) is 4.31 Å². The maximum atomic E-state index is 13.4. The van der Waals surface area contributed by atoms with Crippen LogP contribution in [0.4, 0.5) is 5.69 Å². The van der Waals surface area contributed by atoms with E-state index in [0.29, 0.717) is 23.9 Å². The van der Waals surface area contributed by atoms with Crippen molar-refractivity contribution in [3.05, 3.63) is 54.1 Å². The number of sulfonamides is 1. The first-order chi connectivity index (χ1) is 13.8. The molecule has 0 radical (unpaired) electrons. The van der Waals surface area contributed by atoms with Crippen molar-refractivity contribution in [1.82, 2.24) is 5.32 Å². The Morgan fingerprint density at radius 3 is 2.52 bits per heavy atom. The molecule has 1 N–H and O–H groups in total. The molecule has 2 aromatic carbocycles. The highest BCUT2D eigenvalue weighted by Gasteiger charge is 2.37. The van der Waals surface area contributed by atoms with E-state index < -0.39 is 16.1 Å². The highest BCUT2D eigenvalue weighted by atomic mass is 32.2. The Hall–Kier alpha value is -2.54. The van der Waals surface area contributed by atoms with Gasteiger partial charge in [-0.05, 0) is 48.6 Å². The predicted molar refractivity (Wildman–Crippen MR) is 114 cm³/mol. The van der Waals surface area contributed by atoms with Crippen LogP contribution in [0, 0.1) is 5.92 Å². The van der Waals surface area contributed by atoms with E-state index in [1.54, 1.807) is 36.4 Å². The molecule has 1 aliphatic heterocycles. The van der Waals surface area contributed by atoms with Gasteiger partial charge in [-0.2, -0.15) is 0 Å². The largest absolute Gasteiger partial charge is 0.476 e. The number of benzene rings is 2. The van der Waals surface area contributed by atoms with Crippen molar-refractivity contribution in [3.63, 3.8) is 0 Å². The summed E-state index contributed by atoms with van der Waals surface area (Å²) in [6.45, 7) is 6.65. The Balaban J connectivity index is 1.93. The standard InChI is InChI=1S/C22H28N2O4S/c1-4-13-23-22(25)21-15-24(19-7-5-6-8-20(19)28-21)29(26,27)18-11-9-17(10-12-18)14-16(2)3/h5-12,16,21H,4,13-15H2,1-3H3,(H,23,25). The van der Waals surface area contributed by atoms with E-state index in [9.17, 15) is 13.2 Å². The van der Waals surface area contributed by atoms with Gasteiger partial charge in [0, 0.05) is 6.54 Å². The zero-order valence-electron chi connectivity index (χ0n) is 17.1. The summed E-state index contributed by atoms with van der Waals surface area (Å²) >= 11 is 0. The fraction of sp³-hybridized carbons (Fsp3) is 0.409. The third-order valence-electron chi connectivity index (χ3n) is 4.73. The van der Waals surface area contributed by atoms with Gasteiger partial charge >= 0.3 is 0 Å². The molecule has 1 heterocycles. The van der Waals surface area contributed by atoms with E-state index in [2.05, 4.69) is 19.2 Å². The molecule has 1 aliphatic rings. The molecular formula is C22H28N2O4S. The highest BCUT2D eigenvalue weighted by Crippen LogP contribution is 2.36. The van der Waals surface area contributed by atoms with Crippen LogP contribution in [0.1, 0.15) is 32.8 Å². The van der Waals surface area contributed by atoms with Gasteiger partial charge < -0.3 is 10.1 Å². The van der Waals surface area contributed by atoms with Gasteiger partial charge in [0.25, 0.3) is 15.9 Å². The van der Waals surface area contributed by atoms with Crippen LogP contribution in [-0.2, 0) is 21.2 Å². The Morgan fingerprint density at radius 2 is 1.86 bits per heavy atom. The number of amides is 1. The fourth-order valence-corrected chi connectivity index (χ4v) is 4.80. The second kappa shape index (κ2) is 8.86. The van der Waals surface area contributed by atoms with Crippen molar-refractivity contribution < 1.29 is 17.9 Å². The average molecular weight is 417 g/mol. The first-order valence-corrected chi connectivity index (χ1v) is 11.4. The lowest BCUT2D eigenvalue weighted by atomic mass is 10.0. The van der Waals surface area contributed by atoms with Gasteiger partial charge in [0.2, 0.25) is 0 Å². The number of fused-ring (bicyclic) bond motifs is 1. The smallest absolute Gasteiger partial charge is 0.264 e. The van der Waals surface area contributed by atoms with Crippen LogP contribution in [0.2, 0.25) is 0 Å². The van der Waals surface area contributed by atoms with Crippen LogP contribution < -0.4 is 14.4 Å². The number of rotatable bonds is 7. The summed E-state index contributed by atoms with van der Waals surface area (Å²) in [5.41, 5.74) is 1.54. The highest BCUT2D eigenvalue weighted by molar-refractivity contribution is 7.92. The Kier molecular flexibility index (Phi) is 6.47. The molecule has 0 spiro atoms. The zero-order chi connectivity index (χ0) is 21.0.